The Balaban J connectivity index is 1.36. The molecule has 2 heterocycles. The molecule has 1 unspecified atom stereocenters. The first-order valence-corrected chi connectivity index (χ1v) is 16.0. The Morgan fingerprint density at radius 3 is 2.34 bits per heavy atom. The van der Waals surface area contributed by atoms with Gasteiger partial charge in [-0.15, -0.1) is 0 Å². The average Bonchev–Trinajstić information content (AvgIpc) is 3.06. The molecule has 5 rings (SSSR count). The number of methoxy groups -OCH3 is 1. The van der Waals surface area contributed by atoms with Gasteiger partial charge in [-0.2, -0.15) is 0 Å². The van der Waals surface area contributed by atoms with Crippen LogP contribution in [-0.2, 0) is 4.74 Å². The molecule has 47 heavy (non-hydrogen) atoms. The highest BCUT2D eigenvalue weighted by Gasteiger charge is 2.36. The number of rotatable bonds is 11. The first-order valence-electron chi connectivity index (χ1n) is 16.0. The molecule has 2 aliphatic rings. The van der Waals surface area contributed by atoms with Gasteiger partial charge in [-0.05, 0) is 89.7 Å². The van der Waals surface area contributed by atoms with Gasteiger partial charge in [0.15, 0.2) is 11.5 Å². The van der Waals surface area contributed by atoms with Crippen molar-refractivity contribution in [2.75, 3.05) is 40.5 Å². The van der Waals surface area contributed by atoms with Crippen molar-refractivity contribution in [1.29, 1.82) is 0 Å². The molecule has 0 spiro atoms. The summed E-state index contributed by atoms with van der Waals surface area (Å²) in [6.45, 7) is 10.00. The minimum absolute atomic E-state index is 0.0330. The van der Waals surface area contributed by atoms with Crippen molar-refractivity contribution in [1.82, 2.24) is 9.80 Å². The first kappa shape index (κ1) is 33.6. The van der Waals surface area contributed by atoms with Crippen LogP contribution in [0.25, 0.3) is 0 Å². The van der Waals surface area contributed by atoms with Crippen LogP contribution < -0.4 is 9.47 Å². The summed E-state index contributed by atoms with van der Waals surface area (Å²) in [5, 5.41) is 10.9. The predicted octanol–water partition coefficient (Wildman–Crippen LogP) is 5.74. The van der Waals surface area contributed by atoms with Crippen LogP contribution >= 0.6 is 0 Å². The van der Waals surface area contributed by atoms with E-state index in [2.05, 4.69) is 18.0 Å². The summed E-state index contributed by atoms with van der Waals surface area (Å²) < 4.78 is 17.1. The molecular formula is C36H42N4O7. The second kappa shape index (κ2) is 14.3. The van der Waals surface area contributed by atoms with Crippen LogP contribution in [0.1, 0.15) is 77.4 Å². The van der Waals surface area contributed by atoms with Gasteiger partial charge in [-0.3, -0.25) is 19.9 Å². The van der Waals surface area contributed by atoms with Crippen LogP contribution in [0.5, 0.6) is 11.5 Å². The summed E-state index contributed by atoms with van der Waals surface area (Å²) in [5.41, 5.74) is 4.58. The maximum Gasteiger partial charge on any atom is 0.338 e. The lowest BCUT2D eigenvalue weighted by Crippen LogP contribution is -2.46. The zero-order valence-corrected chi connectivity index (χ0v) is 27.8. The third kappa shape index (κ3) is 7.15. The fourth-order valence-electron chi connectivity index (χ4n) is 6.49. The van der Waals surface area contributed by atoms with Crippen molar-refractivity contribution in [3.63, 3.8) is 0 Å². The summed E-state index contributed by atoms with van der Waals surface area (Å²) >= 11 is 0. The largest absolute Gasteiger partial charge is 0.493 e. The molecule has 1 saturated heterocycles. The van der Waals surface area contributed by atoms with Gasteiger partial charge in [0, 0.05) is 47.3 Å². The number of piperidine rings is 1. The molecular weight excluding hydrogens is 600 g/mol. The number of likely N-dealkylation sites (tertiary alicyclic amines) is 1. The molecule has 3 aromatic rings. The topological polar surface area (TPSA) is 124 Å². The zero-order chi connectivity index (χ0) is 33.8. The van der Waals surface area contributed by atoms with Gasteiger partial charge >= 0.3 is 5.97 Å². The Bertz CT molecular complexity index is 1650. The Labute approximate surface area is 275 Å². The molecule has 0 bridgehead atoms. The van der Waals surface area contributed by atoms with E-state index < -0.39 is 16.9 Å². The van der Waals surface area contributed by atoms with E-state index in [0.29, 0.717) is 17.9 Å². The first-order chi connectivity index (χ1) is 22.5. The number of fused-ring (bicyclic) bond motifs is 3. The Hall–Kier alpha value is -4.77. The minimum atomic E-state index is -0.613. The fourth-order valence-corrected chi connectivity index (χ4v) is 6.49. The monoisotopic (exact) mass is 642 g/mol. The molecule has 3 atom stereocenters. The van der Waals surface area contributed by atoms with Crippen molar-refractivity contribution >= 4 is 23.3 Å². The number of hydrogen-bond donors (Lipinski definition) is 0. The van der Waals surface area contributed by atoms with Crippen LogP contribution in [0.3, 0.4) is 0 Å². The Morgan fingerprint density at radius 1 is 1.04 bits per heavy atom. The lowest BCUT2D eigenvalue weighted by Gasteiger charge is -2.39. The number of nitrogens with zero attached hydrogens (tertiary/aromatic N) is 4. The smallest absolute Gasteiger partial charge is 0.338 e. The molecule has 3 aromatic carbocycles. The molecule has 248 valence electrons. The summed E-state index contributed by atoms with van der Waals surface area (Å²) in [5.74, 6) is 0.828. The lowest BCUT2D eigenvalue weighted by molar-refractivity contribution is -0.384. The predicted molar refractivity (Wildman–Crippen MR) is 179 cm³/mol. The van der Waals surface area contributed by atoms with E-state index in [1.165, 1.54) is 29.8 Å². The van der Waals surface area contributed by atoms with E-state index in [-0.39, 0.29) is 41.8 Å². The normalized spacial score (nSPS) is 18.0. The number of likely N-dealkylation sites (N-methyl/N-ethyl adjacent to an activating group) is 1. The zero-order valence-electron chi connectivity index (χ0n) is 27.8. The molecule has 1 fully saturated rings. The SMILES string of the molecule is CCOc1cc2c(cc1OC)C(c1ccc(C(=O)N(C(C)C)C(C)COC(=O)c3ccc([N+](=O)[O-])cc3)cc1)=N[C@@H]1CCN(C)C[C@H]21. The number of nitro groups is 1. The summed E-state index contributed by atoms with van der Waals surface area (Å²) in [7, 11) is 3.78. The van der Waals surface area contributed by atoms with Crippen molar-refractivity contribution in [3.05, 3.63) is 98.6 Å². The molecule has 0 aliphatic carbocycles. The molecule has 2 aliphatic heterocycles. The molecule has 11 heteroatoms. The molecule has 1 amide bonds. The highest BCUT2D eigenvalue weighted by molar-refractivity contribution is 6.15. The summed E-state index contributed by atoms with van der Waals surface area (Å²) in [6, 6.07) is 16.4. The number of carbonyl (C=O) groups is 2. The number of nitro benzene ring substituents is 1. The number of ether oxygens (including phenoxy) is 3. The van der Waals surface area contributed by atoms with Gasteiger partial charge in [0.2, 0.25) is 0 Å². The van der Waals surface area contributed by atoms with Crippen LogP contribution in [-0.4, -0.2) is 90.9 Å². The highest BCUT2D eigenvalue weighted by atomic mass is 16.6. The number of non-ortho nitro benzene ring substituents is 1. The third-order valence-corrected chi connectivity index (χ3v) is 8.81. The van der Waals surface area contributed by atoms with Crippen LogP contribution in [0, 0.1) is 10.1 Å². The standard InChI is InChI=1S/C36H42N4O7/c1-7-46-33-18-28-29(19-32(33)45-6)34(37-31-16-17-38(5)20-30(28)31)24-8-10-25(11-9-24)35(41)39(22(2)3)23(4)21-47-36(42)26-12-14-27(15-13-26)40(43)44/h8-15,18-19,22-23,30-31H,7,16-17,20-21H2,1-6H3/t23?,30-,31-/m1/s1. The van der Waals surface area contributed by atoms with E-state index in [9.17, 15) is 19.7 Å². The average molecular weight is 643 g/mol. The van der Waals surface area contributed by atoms with Crippen molar-refractivity contribution in [2.24, 2.45) is 4.99 Å². The second-order valence-corrected chi connectivity index (χ2v) is 12.4. The van der Waals surface area contributed by atoms with E-state index in [4.69, 9.17) is 19.2 Å². The molecule has 0 aromatic heterocycles. The maximum atomic E-state index is 13.8. The number of esters is 1. The summed E-state index contributed by atoms with van der Waals surface area (Å²) in [6.07, 6.45) is 0.951. The van der Waals surface area contributed by atoms with Gasteiger partial charge in [-0.1, -0.05) is 12.1 Å². The van der Waals surface area contributed by atoms with E-state index in [1.807, 2.05) is 58.0 Å². The Morgan fingerprint density at radius 2 is 1.72 bits per heavy atom. The number of carbonyl (C=O) groups excluding carboxylic acids is 2. The fraction of sp³-hybridized carbons (Fsp3) is 0.417. The summed E-state index contributed by atoms with van der Waals surface area (Å²) in [4.78, 5) is 46.1. The van der Waals surface area contributed by atoms with Gasteiger partial charge < -0.3 is 24.0 Å². The van der Waals surface area contributed by atoms with Gasteiger partial charge in [-0.25, -0.2) is 4.79 Å². The van der Waals surface area contributed by atoms with Crippen LogP contribution in [0.15, 0.2) is 65.7 Å². The maximum absolute atomic E-state index is 13.8. The van der Waals surface area contributed by atoms with Crippen molar-refractivity contribution < 1.29 is 28.7 Å². The van der Waals surface area contributed by atoms with Crippen LogP contribution in [0.4, 0.5) is 5.69 Å². The lowest BCUT2D eigenvalue weighted by atomic mass is 9.79. The van der Waals surface area contributed by atoms with Gasteiger partial charge in [0.25, 0.3) is 11.6 Å². The molecule has 0 saturated carbocycles. The second-order valence-electron chi connectivity index (χ2n) is 12.4. The van der Waals surface area contributed by atoms with Gasteiger partial charge in [0.1, 0.15) is 6.61 Å². The third-order valence-electron chi connectivity index (χ3n) is 8.81. The molecule has 11 nitrogen and oxygen atoms in total. The van der Waals surface area contributed by atoms with Crippen molar-refractivity contribution in [2.45, 2.75) is 58.2 Å². The Kier molecular flexibility index (Phi) is 10.2. The molecule has 0 radical (unpaired) electrons. The number of hydrogen-bond acceptors (Lipinski definition) is 9. The minimum Gasteiger partial charge on any atom is -0.493 e. The van der Waals surface area contributed by atoms with E-state index in [1.54, 1.807) is 12.0 Å². The van der Waals surface area contributed by atoms with Gasteiger partial charge in [0.05, 0.1) is 42.0 Å². The van der Waals surface area contributed by atoms with E-state index >= 15 is 0 Å². The van der Waals surface area contributed by atoms with E-state index in [0.717, 1.165) is 42.1 Å². The van der Waals surface area contributed by atoms with Crippen LogP contribution in [0.2, 0.25) is 0 Å². The number of amides is 1. The van der Waals surface area contributed by atoms with Crippen molar-refractivity contribution in [3.8, 4) is 11.5 Å². The highest BCUT2D eigenvalue weighted by Crippen LogP contribution is 2.42. The number of aliphatic imine (C=N–C) groups is 1. The number of benzene rings is 3. The quantitative estimate of drug-likeness (QED) is 0.147. The molecule has 0 N–H and O–H groups in total.